The predicted octanol–water partition coefficient (Wildman–Crippen LogP) is 1.63. The van der Waals surface area contributed by atoms with Gasteiger partial charge in [0.2, 0.25) is 0 Å². The number of carbonyl (C=O) groups is 1. The van der Waals surface area contributed by atoms with E-state index in [1.54, 1.807) is 0 Å². The van der Waals surface area contributed by atoms with Crippen molar-refractivity contribution < 1.29 is 4.79 Å². The zero-order valence-corrected chi connectivity index (χ0v) is 10.7. The van der Waals surface area contributed by atoms with E-state index >= 15 is 0 Å². The van der Waals surface area contributed by atoms with Gasteiger partial charge in [0.1, 0.15) is 12.2 Å². The molecule has 0 bridgehead atoms. The average molecular weight is 256 g/mol. The molecule has 0 spiro atoms. The zero-order chi connectivity index (χ0) is 13.1. The molecule has 1 aliphatic rings. The minimum Gasteiger partial charge on any atom is -0.339 e. The van der Waals surface area contributed by atoms with E-state index in [2.05, 4.69) is 15.2 Å². The van der Waals surface area contributed by atoms with E-state index in [1.807, 2.05) is 29.2 Å². The van der Waals surface area contributed by atoms with Crippen molar-refractivity contribution in [2.45, 2.75) is 19.3 Å². The minimum absolute atomic E-state index is 0.132. The molecule has 1 saturated heterocycles. The van der Waals surface area contributed by atoms with Gasteiger partial charge in [-0.1, -0.05) is 18.2 Å². The lowest BCUT2D eigenvalue weighted by Crippen LogP contribution is -2.28. The Morgan fingerprint density at radius 1 is 1.26 bits per heavy atom. The van der Waals surface area contributed by atoms with E-state index < -0.39 is 0 Å². The van der Waals surface area contributed by atoms with Gasteiger partial charge in [0.05, 0.1) is 0 Å². The van der Waals surface area contributed by atoms with Crippen LogP contribution in [0.25, 0.3) is 0 Å². The summed E-state index contributed by atoms with van der Waals surface area (Å²) >= 11 is 0. The van der Waals surface area contributed by atoms with Crippen LogP contribution in [-0.2, 0) is 6.42 Å². The van der Waals surface area contributed by atoms with E-state index in [0.717, 1.165) is 42.9 Å². The van der Waals surface area contributed by atoms with Crippen molar-refractivity contribution in [3.8, 4) is 0 Å². The summed E-state index contributed by atoms with van der Waals surface area (Å²) in [5.74, 6) is 0.911. The second-order valence-corrected chi connectivity index (χ2v) is 4.77. The topological polar surface area (TPSA) is 61.9 Å². The number of hydrogen-bond acceptors (Lipinski definition) is 3. The zero-order valence-electron chi connectivity index (χ0n) is 10.7. The first kappa shape index (κ1) is 11.9. The summed E-state index contributed by atoms with van der Waals surface area (Å²) in [4.78, 5) is 18.5. The van der Waals surface area contributed by atoms with Crippen molar-refractivity contribution in [3.05, 3.63) is 47.5 Å². The summed E-state index contributed by atoms with van der Waals surface area (Å²) < 4.78 is 0. The molecule has 1 aromatic carbocycles. The molecule has 0 aliphatic carbocycles. The molecule has 1 amide bonds. The third-order valence-corrected chi connectivity index (χ3v) is 3.46. The highest BCUT2D eigenvalue weighted by molar-refractivity contribution is 5.95. The highest BCUT2D eigenvalue weighted by Crippen LogP contribution is 2.17. The van der Waals surface area contributed by atoms with Crippen LogP contribution < -0.4 is 0 Å². The molecule has 5 heteroatoms. The van der Waals surface area contributed by atoms with Crippen LogP contribution in [0.3, 0.4) is 0 Å². The van der Waals surface area contributed by atoms with Crippen molar-refractivity contribution in [1.29, 1.82) is 0 Å². The van der Waals surface area contributed by atoms with Crippen molar-refractivity contribution in [2.75, 3.05) is 13.1 Å². The van der Waals surface area contributed by atoms with Crippen LogP contribution in [0.4, 0.5) is 0 Å². The number of aromatic nitrogens is 3. The number of H-pyrrole nitrogens is 1. The molecular weight excluding hydrogens is 240 g/mol. The van der Waals surface area contributed by atoms with Gasteiger partial charge in [0, 0.05) is 25.1 Å². The number of amides is 1. The maximum absolute atomic E-state index is 12.5. The average Bonchev–Trinajstić information content (AvgIpc) is 3.11. The van der Waals surface area contributed by atoms with Crippen LogP contribution in [0.15, 0.2) is 30.6 Å². The van der Waals surface area contributed by atoms with Gasteiger partial charge < -0.3 is 4.90 Å². The fourth-order valence-corrected chi connectivity index (χ4v) is 2.47. The molecule has 2 heterocycles. The molecule has 1 aromatic heterocycles. The lowest BCUT2D eigenvalue weighted by molar-refractivity contribution is 0.0792. The molecule has 5 nitrogen and oxygen atoms in total. The number of aromatic amines is 1. The summed E-state index contributed by atoms with van der Waals surface area (Å²) in [5, 5.41) is 6.67. The van der Waals surface area contributed by atoms with Gasteiger partial charge in [-0.15, -0.1) is 0 Å². The number of hydrogen-bond donors (Lipinski definition) is 1. The van der Waals surface area contributed by atoms with Crippen molar-refractivity contribution in [1.82, 2.24) is 20.1 Å². The van der Waals surface area contributed by atoms with E-state index in [4.69, 9.17) is 0 Å². The van der Waals surface area contributed by atoms with Gasteiger partial charge in [0.15, 0.2) is 0 Å². The largest absolute Gasteiger partial charge is 0.339 e. The smallest absolute Gasteiger partial charge is 0.254 e. The van der Waals surface area contributed by atoms with Crippen LogP contribution in [0.2, 0.25) is 0 Å². The molecular formula is C14H16N4O. The normalized spacial score (nSPS) is 14.8. The van der Waals surface area contributed by atoms with Crippen LogP contribution >= 0.6 is 0 Å². The first-order valence-corrected chi connectivity index (χ1v) is 6.56. The molecule has 3 rings (SSSR count). The van der Waals surface area contributed by atoms with Crippen LogP contribution in [-0.4, -0.2) is 39.1 Å². The van der Waals surface area contributed by atoms with Gasteiger partial charge in [-0.2, -0.15) is 5.10 Å². The Balaban J connectivity index is 1.86. The third kappa shape index (κ3) is 2.50. The molecule has 0 atom stereocenters. The summed E-state index contributed by atoms with van der Waals surface area (Å²) in [6, 6.07) is 7.73. The first-order valence-electron chi connectivity index (χ1n) is 6.56. The minimum atomic E-state index is 0.132. The first-order chi connectivity index (χ1) is 9.34. The molecule has 1 N–H and O–H groups in total. The number of nitrogens with one attached hydrogen (secondary N) is 1. The van der Waals surface area contributed by atoms with Crippen LogP contribution in [0, 0.1) is 0 Å². The molecule has 0 radical (unpaired) electrons. The van der Waals surface area contributed by atoms with Crippen LogP contribution in [0.1, 0.15) is 34.6 Å². The predicted molar refractivity (Wildman–Crippen MR) is 70.8 cm³/mol. The summed E-state index contributed by atoms with van der Waals surface area (Å²) in [6.45, 7) is 1.74. The molecule has 0 saturated carbocycles. The summed E-state index contributed by atoms with van der Waals surface area (Å²) in [6.07, 6.45) is 4.31. The van der Waals surface area contributed by atoms with E-state index in [1.165, 1.54) is 6.33 Å². The Hall–Kier alpha value is -2.17. The Morgan fingerprint density at radius 3 is 2.79 bits per heavy atom. The summed E-state index contributed by atoms with van der Waals surface area (Å²) in [7, 11) is 0. The molecule has 19 heavy (non-hydrogen) atoms. The standard InChI is InChI=1S/C14H16N4O/c19-14(18-7-3-4-8-18)12-6-2-1-5-11(12)9-13-15-10-16-17-13/h1-2,5-6,10H,3-4,7-9H2,(H,15,16,17). The van der Waals surface area contributed by atoms with Gasteiger partial charge in [-0.05, 0) is 24.5 Å². The Bertz CT molecular complexity index is 559. The lowest BCUT2D eigenvalue weighted by Gasteiger charge is -2.17. The highest BCUT2D eigenvalue weighted by atomic mass is 16.2. The fourth-order valence-electron chi connectivity index (χ4n) is 2.47. The second-order valence-electron chi connectivity index (χ2n) is 4.77. The van der Waals surface area contributed by atoms with Gasteiger partial charge >= 0.3 is 0 Å². The van der Waals surface area contributed by atoms with Crippen molar-refractivity contribution in [3.63, 3.8) is 0 Å². The SMILES string of the molecule is O=C(c1ccccc1Cc1ncn[nH]1)N1CCCC1. The monoisotopic (exact) mass is 256 g/mol. The molecule has 1 aliphatic heterocycles. The van der Waals surface area contributed by atoms with E-state index in [-0.39, 0.29) is 5.91 Å². The van der Waals surface area contributed by atoms with E-state index in [0.29, 0.717) is 6.42 Å². The quantitative estimate of drug-likeness (QED) is 0.908. The molecule has 98 valence electrons. The Kier molecular flexibility index (Phi) is 3.27. The molecule has 2 aromatic rings. The lowest BCUT2D eigenvalue weighted by atomic mass is 10.0. The van der Waals surface area contributed by atoms with Gasteiger partial charge in [-0.25, -0.2) is 4.98 Å². The number of benzene rings is 1. The number of likely N-dealkylation sites (tertiary alicyclic amines) is 1. The fraction of sp³-hybridized carbons (Fsp3) is 0.357. The second kappa shape index (κ2) is 5.22. The van der Waals surface area contributed by atoms with Crippen molar-refractivity contribution >= 4 is 5.91 Å². The van der Waals surface area contributed by atoms with Crippen LogP contribution in [0.5, 0.6) is 0 Å². The maximum Gasteiger partial charge on any atom is 0.254 e. The number of carbonyl (C=O) groups excluding carboxylic acids is 1. The summed E-state index contributed by atoms with van der Waals surface area (Å²) in [5.41, 5.74) is 1.77. The number of nitrogens with zero attached hydrogens (tertiary/aromatic N) is 3. The maximum atomic E-state index is 12.5. The third-order valence-electron chi connectivity index (χ3n) is 3.46. The van der Waals surface area contributed by atoms with E-state index in [9.17, 15) is 4.79 Å². The highest BCUT2D eigenvalue weighted by Gasteiger charge is 2.21. The molecule has 0 unspecified atom stereocenters. The molecule has 1 fully saturated rings. The van der Waals surface area contributed by atoms with Gasteiger partial charge in [0.25, 0.3) is 5.91 Å². The Labute approximate surface area is 111 Å². The van der Waals surface area contributed by atoms with Gasteiger partial charge in [-0.3, -0.25) is 9.89 Å². The van der Waals surface area contributed by atoms with Crippen molar-refractivity contribution in [2.24, 2.45) is 0 Å². The number of rotatable bonds is 3. The Morgan fingerprint density at radius 2 is 2.05 bits per heavy atom.